The quantitative estimate of drug-likeness (QED) is 0.0852. The molecule has 0 atom stereocenters. The van der Waals surface area contributed by atoms with Gasteiger partial charge < -0.3 is 4.90 Å². The van der Waals surface area contributed by atoms with Gasteiger partial charge in [-0.1, -0.05) is 140 Å². The molecule has 0 saturated carbocycles. The molecule has 0 spiro atoms. The van der Waals surface area contributed by atoms with Crippen LogP contribution in [-0.2, 0) is 0 Å². The van der Waals surface area contributed by atoms with Crippen LogP contribution in [0.15, 0.2) is 200 Å². The van der Waals surface area contributed by atoms with Crippen LogP contribution in [0.3, 0.4) is 0 Å². The summed E-state index contributed by atoms with van der Waals surface area (Å²) < 4.78 is 0. The lowest BCUT2D eigenvalue weighted by atomic mass is 9.98. The molecule has 0 aliphatic carbocycles. The van der Waals surface area contributed by atoms with Gasteiger partial charge in [-0.05, 0) is 127 Å². The summed E-state index contributed by atoms with van der Waals surface area (Å²) in [5, 5.41) is 6.73. The van der Waals surface area contributed by atoms with E-state index >= 15 is 0 Å². The molecule has 0 aromatic heterocycles. The van der Waals surface area contributed by atoms with Crippen molar-refractivity contribution in [2.75, 3.05) is 4.90 Å². The van der Waals surface area contributed by atoms with Gasteiger partial charge in [-0.15, -0.1) is 0 Å². The van der Waals surface area contributed by atoms with Gasteiger partial charge in [0.15, 0.2) is 12.1 Å². The highest BCUT2D eigenvalue weighted by Crippen LogP contribution is 2.37. The number of benzene rings is 9. The number of hydrogen-bond donors (Lipinski definition) is 0. The molecule has 3 heteroatoms. The van der Waals surface area contributed by atoms with Crippen molar-refractivity contribution in [3.63, 3.8) is 0 Å². The maximum Gasteiger partial charge on any atom is 0.186 e. The number of allylic oxidation sites excluding steroid dienone is 1. The summed E-state index contributed by atoms with van der Waals surface area (Å²) in [7, 11) is 0. The molecule has 0 radical (unpaired) electrons. The second kappa shape index (κ2) is 14.6. The molecule has 0 aliphatic rings. The lowest BCUT2D eigenvalue weighted by Gasteiger charge is -2.26. The van der Waals surface area contributed by atoms with E-state index in [4.69, 9.17) is 0 Å². The van der Waals surface area contributed by atoms with Crippen molar-refractivity contribution in [2.45, 2.75) is 0 Å². The van der Waals surface area contributed by atoms with Crippen LogP contribution in [0.1, 0.15) is 26.3 Å². The molecule has 0 unspecified atom stereocenters. The average Bonchev–Trinajstić information content (AvgIpc) is 3.25. The van der Waals surface area contributed by atoms with E-state index in [0.29, 0.717) is 11.1 Å². The Bertz CT molecular complexity index is 2760. The number of carbonyl (C=O) groups excluding carboxylic acids is 2. The molecule has 55 heavy (non-hydrogen) atoms. The number of hydrogen-bond acceptors (Lipinski definition) is 3. The monoisotopic (exact) mass is 705 g/mol. The van der Waals surface area contributed by atoms with Crippen molar-refractivity contribution in [2.24, 2.45) is 0 Å². The summed E-state index contributed by atoms with van der Waals surface area (Å²) in [5.74, 6) is -0.212. The predicted molar refractivity (Wildman–Crippen MR) is 230 cm³/mol. The normalized spacial score (nSPS) is 11.3. The summed E-state index contributed by atoms with van der Waals surface area (Å²) in [6, 6.07) is 66.9. The smallest absolute Gasteiger partial charge is 0.186 e. The molecule has 0 heterocycles. The van der Waals surface area contributed by atoms with Gasteiger partial charge in [0, 0.05) is 28.2 Å². The average molecular weight is 706 g/mol. The van der Waals surface area contributed by atoms with Gasteiger partial charge in [0.1, 0.15) is 0 Å². The molecule has 0 aliphatic heterocycles. The van der Waals surface area contributed by atoms with Crippen LogP contribution in [0, 0.1) is 0 Å². The fraction of sp³-hybridized carbons (Fsp3) is 0. The molecular weight excluding hydrogens is 671 g/mol. The Hall–Kier alpha value is -7.36. The van der Waals surface area contributed by atoms with Gasteiger partial charge in [0.05, 0.1) is 0 Å². The number of carbonyl (C=O) groups is 2. The highest BCUT2D eigenvalue weighted by molar-refractivity contribution is 6.13. The van der Waals surface area contributed by atoms with E-state index in [2.05, 4.69) is 150 Å². The minimum absolute atomic E-state index is 0.212. The summed E-state index contributed by atoms with van der Waals surface area (Å²) in [6.45, 7) is 0. The molecule has 9 aromatic carbocycles. The van der Waals surface area contributed by atoms with Crippen molar-refractivity contribution in [1.82, 2.24) is 0 Å². The molecule has 3 nitrogen and oxygen atoms in total. The zero-order valence-corrected chi connectivity index (χ0v) is 30.0. The van der Waals surface area contributed by atoms with Gasteiger partial charge in [-0.2, -0.15) is 0 Å². The Morgan fingerprint density at radius 2 is 0.800 bits per heavy atom. The van der Waals surface area contributed by atoms with E-state index in [-0.39, 0.29) is 5.78 Å². The van der Waals surface area contributed by atoms with Gasteiger partial charge in [0.2, 0.25) is 0 Å². The van der Waals surface area contributed by atoms with Gasteiger partial charge in [-0.3, -0.25) is 9.59 Å². The van der Waals surface area contributed by atoms with E-state index in [0.717, 1.165) is 50.8 Å². The first-order chi connectivity index (χ1) is 27.1. The second-order valence-corrected chi connectivity index (χ2v) is 13.7. The fourth-order valence-electron chi connectivity index (χ4n) is 7.36. The summed E-state index contributed by atoms with van der Waals surface area (Å²) in [5.41, 5.74) is 9.34. The molecule has 9 rings (SSSR count). The molecule has 9 aromatic rings. The summed E-state index contributed by atoms with van der Waals surface area (Å²) in [6.07, 6.45) is 4.09. The highest BCUT2D eigenvalue weighted by Gasteiger charge is 2.15. The molecule has 0 saturated heterocycles. The van der Waals surface area contributed by atoms with Gasteiger partial charge >= 0.3 is 0 Å². The molecule has 260 valence electrons. The maximum absolute atomic E-state index is 13.3. The van der Waals surface area contributed by atoms with Crippen molar-refractivity contribution < 1.29 is 9.59 Å². The van der Waals surface area contributed by atoms with Crippen LogP contribution in [-0.4, -0.2) is 12.1 Å². The Morgan fingerprint density at radius 3 is 1.27 bits per heavy atom. The predicted octanol–water partition coefficient (Wildman–Crippen LogP) is 13.7. The second-order valence-electron chi connectivity index (χ2n) is 13.7. The number of anilines is 3. The van der Waals surface area contributed by atoms with Crippen LogP contribution in [0.25, 0.3) is 60.6 Å². The van der Waals surface area contributed by atoms with E-state index < -0.39 is 0 Å². The summed E-state index contributed by atoms with van der Waals surface area (Å²) >= 11 is 0. The minimum Gasteiger partial charge on any atom is -0.311 e. The van der Waals surface area contributed by atoms with Crippen LogP contribution in [0.4, 0.5) is 17.1 Å². The molecule has 0 amide bonds. The van der Waals surface area contributed by atoms with E-state index in [1.165, 1.54) is 32.7 Å². The van der Waals surface area contributed by atoms with Crippen molar-refractivity contribution in [1.29, 1.82) is 0 Å². The molecule has 0 bridgehead atoms. The van der Waals surface area contributed by atoms with Crippen LogP contribution in [0.5, 0.6) is 0 Å². The van der Waals surface area contributed by atoms with Crippen molar-refractivity contribution in [3.05, 3.63) is 217 Å². The first-order valence-corrected chi connectivity index (χ1v) is 18.4. The molecule has 0 fully saturated rings. The Morgan fingerprint density at radius 1 is 0.400 bits per heavy atom. The van der Waals surface area contributed by atoms with Crippen molar-refractivity contribution in [3.8, 4) is 22.3 Å². The van der Waals surface area contributed by atoms with E-state index in [9.17, 15) is 9.59 Å². The highest BCUT2D eigenvalue weighted by atomic mass is 16.1. The van der Waals surface area contributed by atoms with Crippen LogP contribution < -0.4 is 4.90 Å². The van der Waals surface area contributed by atoms with Gasteiger partial charge in [-0.25, -0.2) is 0 Å². The lowest BCUT2D eigenvalue weighted by Crippen LogP contribution is -2.09. The van der Waals surface area contributed by atoms with Gasteiger partial charge in [0.25, 0.3) is 0 Å². The minimum atomic E-state index is -0.212. The third-order valence-corrected chi connectivity index (χ3v) is 10.3. The third-order valence-electron chi connectivity index (χ3n) is 10.3. The fourth-order valence-corrected chi connectivity index (χ4v) is 7.36. The van der Waals surface area contributed by atoms with Crippen LogP contribution in [0.2, 0.25) is 0 Å². The molecular formula is C52H35NO2. The zero-order valence-electron chi connectivity index (χ0n) is 30.0. The largest absolute Gasteiger partial charge is 0.311 e. The Labute approximate surface area is 320 Å². The standard InChI is InChI=1S/C52H35NO2/c54-35-47-33-43-11-5-6-12-44(43)34-51(47)52(55)30-15-36-13-24-48(25-14-36)53(49-26-20-39(21-27-49)45-18-16-37-7-1-3-9-41(37)31-45)50-28-22-40(23-29-50)46-19-17-38-8-2-4-10-42(38)32-46/h1-35H/b30-15+. The number of nitrogens with zero attached hydrogens (tertiary/aromatic N) is 1. The third kappa shape index (κ3) is 6.83. The first kappa shape index (κ1) is 33.5. The zero-order chi connectivity index (χ0) is 37.1. The number of ketones is 1. The number of rotatable bonds is 9. The van der Waals surface area contributed by atoms with Crippen molar-refractivity contribution >= 4 is 67.5 Å². The number of aldehydes is 1. The Balaban J connectivity index is 1.03. The Kier molecular flexibility index (Phi) is 8.87. The first-order valence-electron chi connectivity index (χ1n) is 18.4. The summed E-state index contributed by atoms with van der Waals surface area (Å²) in [4.78, 5) is 27.5. The lowest BCUT2D eigenvalue weighted by molar-refractivity contribution is 0.103. The van der Waals surface area contributed by atoms with E-state index in [1.54, 1.807) is 24.3 Å². The van der Waals surface area contributed by atoms with Crippen LogP contribution >= 0.6 is 0 Å². The number of fused-ring (bicyclic) bond motifs is 3. The topological polar surface area (TPSA) is 37.4 Å². The maximum atomic E-state index is 13.3. The van der Waals surface area contributed by atoms with E-state index in [1.807, 2.05) is 36.4 Å². The SMILES string of the molecule is O=Cc1cc2ccccc2cc1C(=O)/C=C/c1ccc(N(c2ccc(-c3ccc4ccccc4c3)cc2)c2ccc(-c3ccc4ccccc4c3)cc2)cc1. The molecule has 0 N–H and O–H groups in total.